The number of hydrogen-bond donors (Lipinski definition) is 2. The summed E-state index contributed by atoms with van der Waals surface area (Å²) in [6.07, 6.45) is 5.39. The predicted molar refractivity (Wildman–Crippen MR) is 108 cm³/mol. The van der Waals surface area contributed by atoms with Crippen molar-refractivity contribution in [3.63, 3.8) is 0 Å². The molecule has 1 aliphatic rings. The summed E-state index contributed by atoms with van der Waals surface area (Å²) < 4.78 is 0. The van der Waals surface area contributed by atoms with Crippen LogP contribution in [0, 0.1) is 0 Å². The first-order valence-corrected chi connectivity index (χ1v) is 10.2. The molecule has 1 aromatic heterocycles. The van der Waals surface area contributed by atoms with E-state index in [0.29, 0.717) is 18.5 Å². The minimum absolute atomic E-state index is 0.00957. The van der Waals surface area contributed by atoms with Gasteiger partial charge in [-0.05, 0) is 32.4 Å². The molecule has 0 bridgehead atoms. The summed E-state index contributed by atoms with van der Waals surface area (Å²) >= 11 is 1.71. The monoisotopic (exact) mass is 380 g/mol. The maximum absolute atomic E-state index is 11.9. The van der Waals surface area contributed by atoms with Crippen molar-refractivity contribution >= 4 is 23.2 Å². The van der Waals surface area contributed by atoms with Crippen molar-refractivity contribution < 1.29 is 4.79 Å². The Hall–Kier alpha value is -1.67. The van der Waals surface area contributed by atoms with Crippen LogP contribution in [0.5, 0.6) is 0 Å². The van der Waals surface area contributed by atoms with Gasteiger partial charge in [0.1, 0.15) is 11.6 Å². The van der Waals surface area contributed by atoms with Crippen molar-refractivity contribution in [2.75, 3.05) is 40.3 Å². The molecule has 2 heterocycles. The number of aryl methyl sites for hydroxylation is 1. The van der Waals surface area contributed by atoms with E-state index in [9.17, 15) is 4.79 Å². The number of guanidine groups is 1. The first-order chi connectivity index (χ1) is 12.5. The standard InChI is InChI=1S/C18H32N6OS/c1-5-15-11-19-16(26-15)12-21-18(22-13-17(25)23(3)4)20-10-14-8-7-9-24(14)6-2/h11,14H,5-10,12-13H2,1-4H3,(H2,20,21,22). The van der Waals surface area contributed by atoms with Gasteiger partial charge in [-0.25, -0.2) is 9.98 Å². The van der Waals surface area contributed by atoms with Crippen LogP contribution in [0.15, 0.2) is 11.2 Å². The molecular formula is C18H32N6OS. The van der Waals surface area contributed by atoms with Crippen LogP contribution in [0.3, 0.4) is 0 Å². The highest BCUT2D eigenvalue weighted by atomic mass is 32.1. The molecule has 26 heavy (non-hydrogen) atoms. The molecule has 1 aromatic rings. The third kappa shape index (κ3) is 6.25. The Morgan fingerprint density at radius 2 is 2.23 bits per heavy atom. The quantitative estimate of drug-likeness (QED) is 0.526. The molecule has 0 saturated carbocycles. The lowest BCUT2D eigenvalue weighted by molar-refractivity contribution is -0.127. The number of thiazole rings is 1. The third-order valence-electron chi connectivity index (χ3n) is 4.64. The number of nitrogens with zero attached hydrogens (tertiary/aromatic N) is 4. The zero-order valence-electron chi connectivity index (χ0n) is 16.4. The van der Waals surface area contributed by atoms with Gasteiger partial charge in [-0.2, -0.15) is 0 Å². The van der Waals surface area contributed by atoms with Gasteiger partial charge in [0.25, 0.3) is 0 Å². The average molecular weight is 381 g/mol. The van der Waals surface area contributed by atoms with E-state index in [0.717, 1.165) is 24.5 Å². The van der Waals surface area contributed by atoms with Gasteiger partial charge in [-0.1, -0.05) is 13.8 Å². The van der Waals surface area contributed by atoms with Gasteiger partial charge in [0.2, 0.25) is 5.91 Å². The van der Waals surface area contributed by atoms with Crippen molar-refractivity contribution in [2.24, 2.45) is 4.99 Å². The smallest absolute Gasteiger partial charge is 0.243 e. The number of hydrogen-bond acceptors (Lipinski definition) is 5. The van der Waals surface area contributed by atoms with E-state index in [1.807, 2.05) is 6.20 Å². The second-order valence-electron chi connectivity index (χ2n) is 6.69. The number of carbonyl (C=O) groups is 1. The third-order valence-corrected chi connectivity index (χ3v) is 5.78. The Bertz CT molecular complexity index is 600. The molecule has 8 heteroatoms. The van der Waals surface area contributed by atoms with Crippen LogP contribution in [0.2, 0.25) is 0 Å². The summed E-state index contributed by atoms with van der Waals surface area (Å²) in [5.41, 5.74) is 0. The number of nitrogens with one attached hydrogen (secondary N) is 2. The summed E-state index contributed by atoms with van der Waals surface area (Å²) in [6, 6.07) is 0.531. The Labute approximate surface area is 160 Å². The summed E-state index contributed by atoms with van der Waals surface area (Å²) in [5, 5.41) is 7.77. The topological polar surface area (TPSA) is 72.9 Å². The Morgan fingerprint density at radius 1 is 1.42 bits per heavy atom. The number of carbonyl (C=O) groups excluding carboxylic acids is 1. The van der Waals surface area contributed by atoms with E-state index >= 15 is 0 Å². The molecule has 2 rings (SSSR count). The summed E-state index contributed by atoms with van der Waals surface area (Å²) in [4.78, 5) is 26.1. The second kappa shape index (κ2) is 10.5. The lowest BCUT2D eigenvalue weighted by atomic mass is 10.2. The van der Waals surface area contributed by atoms with Crippen molar-refractivity contribution in [3.8, 4) is 0 Å². The van der Waals surface area contributed by atoms with Crippen LogP contribution >= 0.6 is 11.3 Å². The zero-order chi connectivity index (χ0) is 18.9. The molecule has 0 aromatic carbocycles. The molecule has 1 atom stereocenters. The Morgan fingerprint density at radius 3 is 2.88 bits per heavy atom. The number of likely N-dealkylation sites (tertiary alicyclic amines) is 1. The number of likely N-dealkylation sites (N-methyl/N-ethyl adjacent to an activating group) is 2. The van der Waals surface area contributed by atoms with E-state index < -0.39 is 0 Å². The maximum Gasteiger partial charge on any atom is 0.243 e. The Kier molecular flexibility index (Phi) is 8.31. The second-order valence-corrected chi connectivity index (χ2v) is 7.89. The van der Waals surface area contributed by atoms with Gasteiger partial charge >= 0.3 is 0 Å². The van der Waals surface area contributed by atoms with E-state index in [1.54, 1.807) is 30.3 Å². The highest BCUT2D eigenvalue weighted by molar-refractivity contribution is 7.11. The first-order valence-electron chi connectivity index (χ1n) is 9.43. The van der Waals surface area contributed by atoms with Gasteiger partial charge in [-0.15, -0.1) is 11.3 Å². The van der Waals surface area contributed by atoms with Gasteiger partial charge in [0.15, 0.2) is 5.96 Å². The molecule has 1 amide bonds. The molecule has 2 N–H and O–H groups in total. The highest BCUT2D eigenvalue weighted by Gasteiger charge is 2.22. The van der Waals surface area contributed by atoms with Crippen molar-refractivity contribution in [1.82, 2.24) is 25.4 Å². The van der Waals surface area contributed by atoms with Gasteiger partial charge in [-0.3, -0.25) is 9.69 Å². The number of rotatable bonds is 8. The fourth-order valence-electron chi connectivity index (χ4n) is 2.97. The molecule has 0 aliphatic carbocycles. The minimum atomic E-state index is -0.00957. The van der Waals surface area contributed by atoms with Gasteiger partial charge < -0.3 is 15.5 Å². The molecule has 146 valence electrons. The lowest BCUT2D eigenvalue weighted by Crippen LogP contribution is -2.45. The van der Waals surface area contributed by atoms with Gasteiger partial charge in [0.05, 0.1) is 6.54 Å². The number of aliphatic imine (C=N–C) groups is 1. The summed E-state index contributed by atoms with van der Waals surface area (Å²) in [5.74, 6) is 0.668. The van der Waals surface area contributed by atoms with E-state index in [2.05, 4.69) is 39.4 Å². The Balaban J connectivity index is 1.93. The first kappa shape index (κ1) is 20.6. The SMILES string of the molecule is CCc1cnc(CNC(=NCC(=O)N(C)C)NCC2CCCN2CC)s1. The molecule has 1 saturated heterocycles. The zero-order valence-corrected chi connectivity index (χ0v) is 17.2. The van der Waals surface area contributed by atoms with Crippen molar-refractivity contribution in [2.45, 2.75) is 45.7 Å². The van der Waals surface area contributed by atoms with Crippen LogP contribution in [-0.2, 0) is 17.8 Å². The predicted octanol–water partition coefficient (Wildman–Crippen LogP) is 1.31. The molecule has 0 spiro atoms. The van der Waals surface area contributed by atoms with Gasteiger partial charge in [0, 0.05) is 37.8 Å². The van der Waals surface area contributed by atoms with Crippen LogP contribution in [0.1, 0.15) is 36.6 Å². The number of amides is 1. The summed E-state index contributed by atoms with van der Waals surface area (Å²) in [6.45, 7) is 8.18. The minimum Gasteiger partial charge on any atom is -0.355 e. The van der Waals surface area contributed by atoms with Crippen LogP contribution in [0.25, 0.3) is 0 Å². The fraction of sp³-hybridized carbons (Fsp3) is 0.722. The normalized spacial score (nSPS) is 18.2. The van der Waals surface area contributed by atoms with E-state index in [1.165, 1.54) is 24.3 Å². The van der Waals surface area contributed by atoms with Crippen LogP contribution in [0.4, 0.5) is 0 Å². The molecule has 7 nitrogen and oxygen atoms in total. The molecular weight excluding hydrogens is 348 g/mol. The maximum atomic E-state index is 11.9. The lowest BCUT2D eigenvalue weighted by Gasteiger charge is -2.24. The van der Waals surface area contributed by atoms with Crippen LogP contribution in [-0.4, -0.2) is 73.0 Å². The molecule has 0 radical (unpaired) electrons. The molecule has 1 fully saturated rings. The molecule has 1 unspecified atom stereocenters. The van der Waals surface area contributed by atoms with Crippen molar-refractivity contribution in [3.05, 3.63) is 16.1 Å². The number of aromatic nitrogens is 1. The van der Waals surface area contributed by atoms with Crippen LogP contribution < -0.4 is 10.6 Å². The van der Waals surface area contributed by atoms with E-state index in [-0.39, 0.29) is 12.5 Å². The van der Waals surface area contributed by atoms with Crippen molar-refractivity contribution in [1.29, 1.82) is 0 Å². The van der Waals surface area contributed by atoms with E-state index in [4.69, 9.17) is 0 Å². The fourth-order valence-corrected chi connectivity index (χ4v) is 3.77. The summed E-state index contributed by atoms with van der Waals surface area (Å²) in [7, 11) is 3.50. The average Bonchev–Trinajstić information content (AvgIpc) is 3.29. The molecule has 1 aliphatic heterocycles. The largest absolute Gasteiger partial charge is 0.355 e. The highest BCUT2D eigenvalue weighted by Crippen LogP contribution is 2.15.